The first-order chi connectivity index (χ1) is 10.9. The fourth-order valence-corrected chi connectivity index (χ4v) is 2.12. The average Bonchev–Trinajstić information content (AvgIpc) is 2.51. The van der Waals surface area contributed by atoms with Gasteiger partial charge in [-0.15, -0.1) is 0 Å². The lowest BCUT2D eigenvalue weighted by Gasteiger charge is -2.23. The fraction of sp³-hybridized carbons (Fsp3) is 0.357. The number of rotatable bonds is 6. The first-order valence-corrected chi connectivity index (χ1v) is 7.13. The molecule has 0 bridgehead atoms. The molecule has 0 aromatic heterocycles. The summed E-state index contributed by atoms with van der Waals surface area (Å²) in [5.74, 6) is 0. The van der Waals surface area contributed by atoms with Crippen LogP contribution in [0, 0.1) is 0 Å². The van der Waals surface area contributed by atoms with Gasteiger partial charge in [0, 0.05) is 11.1 Å². The van der Waals surface area contributed by atoms with Crippen LogP contribution in [0.5, 0.6) is 0 Å². The van der Waals surface area contributed by atoms with E-state index in [0.717, 1.165) is 0 Å². The zero-order valence-corrected chi connectivity index (χ0v) is 13.2. The molecule has 126 valence electrons. The van der Waals surface area contributed by atoms with Crippen LogP contribution in [0.4, 0.5) is 9.59 Å². The smallest absolute Gasteiger partial charge is 0.412 e. The van der Waals surface area contributed by atoms with E-state index in [-0.39, 0.29) is 17.2 Å². The van der Waals surface area contributed by atoms with E-state index in [0.29, 0.717) is 5.56 Å². The molecule has 2 amide bonds. The van der Waals surface area contributed by atoms with Crippen molar-refractivity contribution in [1.29, 1.82) is 0 Å². The summed E-state index contributed by atoms with van der Waals surface area (Å²) < 4.78 is 9.59. The van der Waals surface area contributed by atoms with Gasteiger partial charge in [0.05, 0.1) is 13.2 Å². The quantitative estimate of drug-likeness (QED) is 0.557. The molecule has 23 heavy (non-hydrogen) atoms. The van der Waals surface area contributed by atoms with Crippen molar-refractivity contribution in [2.45, 2.75) is 19.1 Å². The van der Waals surface area contributed by atoms with Crippen molar-refractivity contribution in [3.8, 4) is 0 Å². The Morgan fingerprint density at radius 2 is 2.04 bits per heavy atom. The summed E-state index contributed by atoms with van der Waals surface area (Å²) in [7, 11) is 0. The molecule has 0 aliphatic carbocycles. The van der Waals surface area contributed by atoms with E-state index in [1.165, 1.54) is 6.07 Å². The number of aliphatic hydroxyl groups excluding tert-OH is 2. The Morgan fingerprint density at radius 3 is 2.61 bits per heavy atom. The summed E-state index contributed by atoms with van der Waals surface area (Å²) in [6.07, 6.45) is -4.51. The van der Waals surface area contributed by atoms with E-state index in [1.54, 1.807) is 25.1 Å². The maximum absolute atomic E-state index is 11.5. The standard InChI is InChI=1S/C14H18N2O6S/c1-2-21-14(20)16-12(23)9-6-4-3-5-8(9)11(10(18)7-17)22-13(15)19/h3-6,10-11,17-18H,2,7H2,1H3,(H2,15,19)(H,16,20,23). The van der Waals surface area contributed by atoms with E-state index in [9.17, 15) is 14.7 Å². The number of ether oxygens (including phenoxy) is 2. The topological polar surface area (TPSA) is 131 Å². The van der Waals surface area contributed by atoms with Gasteiger partial charge in [0.1, 0.15) is 11.1 Å². The maximum Gasteiger partial charge on any atom is 0.412 e. The van der Waals surface area contributed by atoms with Gasteiger partial charge in [-0.3, -0.25) is 5.32 Å². The number of hydrogen-bond acceptors (Lipinski definition) is 7. The second-order valence-corrected chi connectivity index (χ2v) is 4.78. The lowest BCUT2D eigenvalue weighted by Crippen LogP contribution is -2.34. The molecule has 1 aromatic carbocycles. The molecule has 0 radical (unpaired) electrons. The molecular formula is C14H18N2O6S. The monoisotopic (exact) mass is 342 g/mol. The summed E-state index contributed by atoms with van der Waals surface area (Å²) in [5.41, 5.74) is 5.61. The number of carbonyl (C=O) groups is 2. The Labute approximate surface area is 138 Å². The molecule has 0 spiro atoms. The van der Waals surface area contributed by atoms with Gasteiger partial charge in [0.25, 0.3) is 0 Å². The molecule has 2 unspecified atom stereocenters. The Bertz CT molecular complexity index is 580. The van der Waals surface area contributed by atoms with Crippen molar-refractivity contribution in [3.05, 3.63) is 35.4 Å². The molecule has 0 heterocycles. The second kappa shape index (κ2) is 9.03. The summed E-state index contributed by atoms with van der Waals surface area (Å²) >= 11 is 5.13. The number of alkyl carbamates (subject to hydrolysis) is 1. The fourth-order valence-electron chi connectivity index (χ4n) is 1.85. The van der Waals surface area contributed by atoms with Crippen LogP contribution in [-0.2, 0) is 9.47 Å². The highest BCUT2D eigenvalue weighted by Gasteiger charge is 2.27. The van der Waals surface area contributed by atoms with E-state index in [1.807, 2.05) is 0 Å². The molecule has 2 atom stereocenters. The predicted octanol–water partition coefficient (Wildman–Crippen LogP) is 0.598. The first-order valence-electron chi connectivity index (χ1n) is 6.72. The third kappa shape index (κ3) is 5.47. The second-order valence-electron chi connectivity index (χ2n) is 4.37. The average molecular weight is 342 g/mol. The van der Waals surface area contributed by atoms with Crippen LogP contribution in [0.1, 0.15) is 24.2 Å². The van der Waals surface area contributed by atoms with Gasteiger partial charge in [-0.2, -0.15) is 0 Å². The van der Waals surface area contributed by atoms with Crippen LogP contribution >= 0.6 is 12.2 Å². The number of nitrogens with one attached hydrogen (secondary N) is 1. The van der Waals surface area contributed by atoms with Crippen LogP contribution in [-0.4, -0.2) is 46.7 Å². The van der Waals surface area contributed by atoms with Gasteiger partial charge >= 0.3 is 12.2 Å². The number of aliphatic hydroxyl groups is 2. The molecule has 1 rings (SSSR count). The lowest BCUT2D eigenvalue weighted by molar-refractivity contribution is -0.0230. The molecule has 0 saturated carbocycles. The van der Waals surface area contributed by atoms with Crippen LogP contribution in [0.3, 0.4) is 0 Å². The summed E-state index contributed by atoms with van der Waals surface area (Å²) in [5, 5.41) is 21.3. The minimum Gasteiger partial charge on any atom is -0.450 e. The number of hydrogen-bond donors (Lipinski definition) is 4. The largest absolute Gasteiger partial charge is 0.450 e. The zero-order chi connectivity index (χ0) is 17.4. The summed E-state index contributed by atoms with van der Waals surface area (Å²) in [6, 6.07) is 6.35. The van der Waals surface area contributed by atoms with Crippen molar-refractivity contribution in [2.75, 3.05) is 13.2 Å². The van der Waals surface area contributed by atoms with Gasteiger partial charge in [-0.25, -0.2) is 9.59 Å². The number of carbonyl (C=O) groups excluding carboxylic acids is 2. The van der Waals surface area contributed by atoms with Crippen LogP contribution in [0.25, 0.3) is 0 Å². The number of primary amides is 1. The van der Waals surface area contributed by atoms with Gasteiger partial charge in [0.2, 0.25) is 0 Å². The van der Waals surface area contributed by atoms with Gasteiger partial charge in [-0.05, 0) is 6.92 Å². The number of benzene rings is 1. The van der Waals surface area contributed by atoms with Crippen molar-refractivity contribution in [2.24, 2.45) is 5.73 Å². The summed E-state index contributed by atoms with van der Waals surface area (Å²) in [6.45, 7) is 1.15. The van der Waals surface area contributed by atoms with E-state index >= 15 is 0 Å². The third-order valence-electron chi connectivity index (χ3n) is 2.78. The Morgan fingerprint density at radius 1 is 1.39 bits per heavy atom. The highest BCUT2D eigenvalue weighted by Crippen LogP contribution is 2.25. The highest BCUT2D eigenvalue weighted by atomic mass is 32.1. The van der Waals surface area contributed by atoms with E-state index in [4.69, 9.17) is 32.5 Å². The van der Waals surface area contributed by atoms with Crippen LogP contribution in [0.2, 0.25) is 0 Å². The minimum absolute atomic E-state index is 0.0160. The lowest BCUT2D eigenvalue weighted by atomic mass is 9.98. The molecule has 0 fully saturated rings. The van der Waals surface area contributed by atoms with E-state index in [2.05, 4.69) is 5.32 Å². The zero-order valence-electron chi connectivity index (χ0n) is 12.4. The van der Waals surface area contributed by atoms with Gasteiger partial charge in [-0.1, -0.05) is 36.5 Å². The molecule has 1 aromatic rings. The van der Waals surface area contributed by atoms with Crippen molar-refractivity contribution in [1.82, 2.24) is 5.32 Å². The number of thiocarbonyl (C=S) groups is 1. The van der Waals surface area contributed by atoms with Crippen molar-refractivity contribution in [3.63, 3.8) is 0 Å². The van der Waals surface area contributed by atoms with Crippen LogP contribution in [0.15, 0.2) is 24.3 Å². The molecule has 0 aliphatic heterocycles. The summed E-state index contributed by atoms with van der Waals surface area (Å²) in [4.78, 5) is 22.5. The van der Waals surface area contributed by atoms with E-state index < -0.39 is 31.0 Å². The van der Waals surface area contributed by atoms with Crippen molar-refractivity contribution < 1.29 is 29.3 Å². The number of nitrogens with two attached hydrogens (primary N) is 1. The normalized spacial score (nSPS) is 12.8. The maximum atomic E-state index is 11.5. The van der Waals surface area contributed by atoms with Gasteiger partial charge in [0.15, 0.2) is 6.10 Å². The predicted molar refractivity (Wildman–Crippen MR) is 84.8 cm³/mol. The molecular weight excluding hydrogens is 324 g/mol. The molecule has 0 saturated heterocycles. The molecule has 8 nitrogen and oxygen atoms in total. The molecule has 0 aliphatic rings. The number of amides is 2. The van der Waals surface area contributed by atoms with Gasteiger partial charge < -0.3 is 25.4 Å². The molecule has 5 N–H and O–H groups in total. The minimum atomic E-state index is -1.41. The molecule has 9 heteroatoms. The van der Waals surface area contributed by atoms with Crippen molar-refractivity contribution >= 4 is 29.4 Å². The Balaban J connectivity index is 3.13. The Hall–Kier alpha value is -2.23. The third-order valence-corrected chi connectivity index (χ3v) is 3.10. The first kappa shape index (κ1) is 18.8. The van der Waals surface area contributed by atoms with Crippen LogP contribution < -0.4 is 11.1 Å². The Kier molecular flexibility index (Phi) is 7.39. The highest BCUT2D eigenvalue weighted by molar-refractivity contribution is 7.80. The SMILES string of the molecule is CCOC(=O)NC(=S)c1ccccc1C(OC(N)=O)C(O)CO.